The smallest absolute Gasteiger partial charge is 0.130 e. The Hall–Kier alpha value is -2.29. The lowest BCUT2D eigenvalue weighted by atomic mass is 9.92. The third kappa shape index (κ3) is 3.97. The third-order valence-electron chi connectivity index (χ3n) is 4.20. The standard InChI is InChI=1S/C21H28N2O/c1-13(2)18-8-7-9-19(14(3)4)20(18)23-21(22)16-10-15(5)11-17(12-16)24-6/h7-14H,1-6H3,(H2,22,23). The average Bonchev–Trinajstić information content (AvgIpc) is 2.53. The Morgan fingerprint density at radius 3 is 2.08 bits per heavy atom. The van der Waals surface area contributed by atoms with Gasteiger partial charge in [0.05, 0.1) is 7.11 Å². The predicted molar refractivity (Wildman–Crippen MR) is 103 cm³/mol. The first-order valence-electron chi connectivity index (χ1n) is 8.48. The van der Waals surface area contributed by atoms with E-state index in [9.17, 15) is 0 Å². The van der Waals surface area contributed by atoms with Gasteiger partial charge < -0.3 is 10.1 Å². The molecule has 0 aromatic heterocycles. The van der Waals surface area contributed by atoms with Crippen molar-refractivity contribution >= 4 is 11.5 Å². The third-order valence-corrected chi connectivity index (χ3v) is 4.20. The van der Waals surface area contributed by atoms with Gasteiger partial charge >= 0.3 is 0 Å². The van der Waals surface area contributed by atoms with E-state index in [0.717, 1.165) is 22.6 Å². The molecule has 0 heterocycles. The van der Waals surface area contributed by atoms with Gasteiger partial charge in [0.25, 0.3) is 0 Å². The molecule has 2 aromatic carbocycles. The second kappa shape index (κ2) is 7.52. The Morgan fingerprint density at radius 2 is 1.58 bits per heavy atom. The van der Waals surface area contributed by atoms with Gasteiger partial charge in [0.15, 0.2) is 0 Å². The number of hydrogen-bond acceptors (Lipinski definition) is 2. The van der Waals surface area contributed by atoms with E-state index in [1.807, 2.05) is 25.1 Å². The van der Waals surface area contributed by atoms with Crippen molar-refractivity contribution in [2.45, 2.75) is 46.5 Å². The highest BCUT2D eigenvalue weighted by Gasteiger charge is 2.15. The van der Waals surface area contributed by atoms with E-state index in [1.165, 1.54) is 11.1 Å². The van der Waals surface area contributed by atoms with Crippen LogP contribution in [0, 0.1) is 12.3 Å². The second-order valence-electron chi connectivity index (χ2n) is 6.86. The van der Waals surface area contributed by atoms with E-state index in [1.54, 1.807) is 7.11 Å². The topological polar surface area (TPSA) is 45.1 Å². The molecule has 0 aliphatic heterocycles. The highest BCUT2D eigenvalue weighted by Crippen LogP contribution is 2.33. The van der Waals surface area contributed by atoms with Gasteiger partial charge in [-0.15, -0.1) is 0 Å². The van der Waals surface area contributed by atoms with Gasteiger partial charge in [-0.3, -0.25) is 5.41 Å². The molecule has 0 unspecified atom stereocenters. The zero-order valence-corrected chi connectivity index (χ0v) is 15.5. The molecule has 0 aliphatic carbocycles. The molecule has 0 bridgehead atoms. The Kier molecular flexibility index (Phi) is 5.66. The van der Waals surface area contributed by atoms with Crippen LogP contribution >= 0.6 is 0 Å². The molecular formula is C21H28N2O. The van der Waals surface area contributed by atoms with Crippen LogP contribution in [0.3, 0.4) is 0 Å². The number of benzene rings is 2. The number of anilines is 1. The van der Waals surface area contributed by atoms with Gasteiger partial charge in [-0.25, -0.2) is 0 Å². The van der Waals surface area contributed by atoms with E-state index in [-0.39, 0.29) is 0 Å². The lowest BCUT2D eigenvalue weighted by molar-refractivity contribution is 0.414. The van der Waals surface area contributed by atoms with Gasteiger partial charge in [0.2, 0.25) is 0 Å². The zero-order valence-electron chi connectivity index (χ0n) is 15.5. The summed E-state index contributed by atoms with van der Waals surface area (Å²) in [5.41, 5.74) is 5.46. The summed E-state index contributed by atoms with van der Waals surface area (Å²) in [5, 5.41) is 11.9. The number of hydrogen-bond donors (Lipinski definition) is 2. The molecular weight excluding hydrogens is 296 g/mol. The maximum atomic E-state index is 8.54. The summed E-state index contributed by atoms with van der Waals surface area (Å²) in [6, 6.07) is 12.3. The SMILES string of the molecule is COc1cc(C)cc(C(=N)Nc2c(C(C)C)cccc2C(C)C)c1. The first-order valence-corrected chi connectivity index (χ1v) is 8.48. The van der Waals surface area contributed by atoms with Gasteiger partial charge in [-0.2, -0.15) is 0 Å². The van der Waals surface area contributed by atoms with Crippen LogP contribution in [0.25, 0.3) is 0 Å². The molecule has 0 saturated carbocycles. The van der Waals surface area contributed by atoms with E-state index < -0.39 is 0 Å². The average molecular weight is 324 g/mol. The normalized spacial score (nSPS) is 11.0. The van der Waals surface area contributed by atoms with E-state index >= 15 is 0 Å². The van der Waals surface area contributed by atoms with E-state index in [4.69, 9.17) is 10.1 Å². The van der Waals surface area contributed by atoms with Gasteiger partial charge in [-0.05, 0) is 53.6 Å². The zero-order chi connectivity index (χ0) is 17.9. The fourth-order valence-electron chi connectivity index (χ4n) is 2.90. The Balaban J connectivity index is 2.43. The number of para-hydroxylation sites is 1. The van der Waals surface area contributed by atoms with Crippen molar-refractivity contribution in [2.75, 3.05) is 12.4 Å². The Morgan fingerprint density at radius 1 is 1.00 bits per heavy atom. The minimum atomic E-state index is 0.394. The van der Waals surface area contributed by atoms with Crippen molar-refractivity contribution in [1.82, 2.24) is 0 Å². The monoisotopic (exact) mass is 324 g/mol. The Labute approximate surface area is 145 Å². The summed E-state index contributed by atoms with van der Waals surface area (Å²) >= 11 is 0. The van der Waals surface area contributed by atoms with Crippen LogP contribution < -0.4 is 10.1 Å². The molecule has 0 atom stereocenters. The Bertz CT molecular complexity index is 706. The lowest BCUT2D eigenvalue weighted by Crippen LogP contribution is -2.16. The number of methoxy groups -OCH3 is 1. The quantitative estimate of drug-likeness (QED) is 0.548. The summed E-state index contributed by atoms with van der Waals surface area (Å²) in [5.74, 6) is 1.96. The van der Waals surface area contributed by atoms with Crippen LogP contribution in [0.1, 0.15) is 61.8 Å². The largest absolute Gasteiger partial charge is 0.497 e. The molecule has 0 aliphatic rings. The molecule has 0 spiro atoms. The first-order chi connectivity index (χ1) is 11.3. The molecule has 2 aromatic rings. The summed E-state index contributed by atoms with van der Waals surface area (Å²) in [6.07, 6.45) is 0. The van der Waals surface area contributed by atoms with Crippen LogP contribution in [-0.4, -0.2) is 12.9 Å². The molecule has 0 radical (unpaired) electrons. The number of nitrogens with one attached hydrogen (secondary N) is 2. The number of rotatable bonds is 5. The molecule has 2 N–H and O–H groups in total. The van der Waals surface area contributed by atoms with Crippen LogP contribution in [0.5, 0.6) is 5.75 Å². The van der Waals surface area contributed by atoms with Crippen molar-refractivity contribution in [3.63, 3.8) is 0 Å². The van der Waals surface area contributed by atoms with Crippen LogP contribution in [0.15, 0.2) is 36.4 Å². The predicted octanol–water partition coefficient (Wildman–Crippen LogP) is 5.69. The number of ether oxygens (including phenoxy) is 1. The minimum absolute atomic E-state index is 0.394. The molecule has 128 valence electrons. The molecule has 2 rings (SSSR count). The summed E-state index contributed by atoms with van der Waals surface area (Å²) in [4.78, 5) is 0. The minimum Gasteiger partial charge on any atom is -0.497 e. The number of amidine groups is 1. The van der Waals surface area contributed by atoms with Gasteiger partial charge in [0.1, 0.15) is 11.6 Å². The van der Waals surface area contributed by atoms with E-state index in [0.29, 0.717) is 17.7 Å². The van der Waals surface area contributed by atoms with Crippen molar-refractivity contribution in [2.24, 2.45) is 0 Å². The molecule has 24 heavy (non-hydrogen) atoms. The fraction of sp³-hybridized carbons (Fsp3) is 0.381. The summed E-state index contributed by atoms with van der Waals surface area (Å²) in [7, 11) is 1.65. The van der Waals surface area contributed by atoms with Crippen LogP contribution in [0.4, 0.5) is 5.69 Å². The summed E-state index contributed by atoms with van der Waals surface area (Å²) in [6.45, 7) is 10.8. The molecule has 3 heteroatoms. The van der Waals surface area contributed by atoms with Crippen molar-refractivity contribution in [3.8, 4) is 5.75 Å². The maximum Gasteiger partial charge on any atom is 0.130 e. The highest BCUT2D eigenvalue weighted by atomic mass is 16.5. The van der Waals surface area contributed by atoms with Gasteiger partial charge in [-0.1, -0.05) is 45.9 Å². The van der Waals surface area contributed by atoms with E-state index in [2.05, 4.69) is 51.2 Å². The highest BCUT2D eigenvalue weighted by molar-refractivity contribution is 6.07. The second-order valence-corrected chi connectivity index (χ2v) is 6.86. The molecule has 0 saturated heterocycles. The van der Waals surface area contributed by atoms with Crippen LogP contribution in [0.2, 0.25) is 0 Å². The first kappa shape index (κ1) is 18.1. The van der Waals surface area contributed by atoms with Gasteiger partial charge in [0, 0.05) is 11.3 Å². The molecule has 3 nitrogen and oxygen atoms in total. The fourth-order valence-corrected chi connectivity index (χ4v) is 2.90. The molecule has 0 fully saturated rings. The van der Waals surface area contributed by atoms with Crippen LogP contribution in [-0.2, 0) is 0 Å². The summed E-state index contributed by atoms with van der Waals surface area (Å²) < 4.78 is 5.34. The lowest BCUT2D eigenvalue weighted by Gasteiger charge is -2.21. The maximum absolute atomic E-state index is 8.54. The van der Waals surface area contributed by atoms with Crippen molar-refractivity contribution in [1.29, 1.82) is 5.41 Å². The van der Waals surface area contributed by atoms with Crippen molar-refractivity contribution in [3.05, 3.63) is 58.7 Å². The molecule has 0 amide bonds. The number of aryl methyl sites for hydroxylation is 1. The van der Waals surface area contributed by atoms with Crippen molar-refractivity contribution < 1.29 is 4.74 Å².